The fourth-order valence-corrected chi connectivity index (χ4v) is 13.0. The van der Waals surface area contributed by atoms with E-state index in [0.717, 1.165) is 23.5 Å². The first kappa shape index (κ1) is 90.3. The minimum atomic E-state index is -1.52. The van der Waals surface area contributed by atoms with Crippen LogP contribution < -0.4 is 55.0 Å². The molecule has 0 saturated carbocycles. The van der Waals surface area contributed by atoms with Crippen molar-refractivity contribution in [1.82, 2.24) is 21.3 Å². The number of halogens is 2. The predicted molar refractivity (Wildman–Crippen MR) is 349 cm³/mol. The van der Waals surface area contributed by atoms with Crippen LogP contribution in [-0.4, -0.2) is 385 Å². The summed E-state index contributed by atoms with van der Waals surface area (Å²) >= 11 is 13.4. The highest BCUT2D eigenvalue weighted by molar-refractivity contribution is 8.13. The summed E-state index contributed by atoms with van der Waals surface area (Å²) in [6.45, 7) is -3.25. The molecular weight excluding hydrogens is 1440 g/mol. The van der Waals surface area contributed by atoms with Gasteiger partial charge in [-0.2, -0.15) is 0 Å². The Hall–Kier alpha value is -3.06. The fourth-order valence-electron chi connectivity index (χ4n) is 11.6. The maximum absolute atomic E-state index is 12.7. The van der Waals surface area contributed by atoms with Crippen LogP contribution in [0.5, 0.6) is 0 Å². The van der Waals surface area contributed by atoms with Crippen LogP contribution in [-0.2, 0) is 90.2 Å². The van der Waals surface area contributed by atoms with Gasteiger partial charge in [0.05, 0.1) is 51.7 Å². The van der Waals surface area contributed by atoms with Crippen molar-refractivity contribution in [3.63, 3.8) is 0 Å². The number of alkyl halides is 2. The van der Waals surface area contributed by atoms with E-state index in [1.165, 1.54) is 42.7 Å². The van der Waals surface area contributed by atoms with Crippen LogP contribution in [0.15, 0.2) is 0 Å². The van der Waals surface area contributed by atoms with Gasteiger partial charge >= 0.3 is 0 Å². The van der Waals surface area contributed by atoms with Gasteiger partial charge in [0.2, 0.25) is 23.6 Å². The first-order chi connectivity index (χ1) is 48.1. The zero-order chi connectivity index (χ0) is 75.5. The number of carbonyl (C=O) groups is 4. The zero-order valence-electron chi connectivity index (χ0n) is 56.4. The van der Waals surface area contributed by atoms with Crippen molar-refractivity contribution in [2.45, 2.75) is 210 Å². The quantitative estimate of drug-likeness (QED) is 0.0169. The maximum atomic E-state index is 12.7. The monoisotopic (exact) mass is 1550 g/mol. The van der Waals surface area contributed by atoms with Gasteiger partial charge in [0, 0.05) is 91.6 Å². The van der Waals surface area contributed by atoms with Gasteiger partial charge in [-0.25, -0.2) is 0 Å². The van der Waals surface area contributed by atoms with Crippen molar-refractivity contribution in [3.8, 4) is 0 Å². The summed E-state index contributed by atoms with van der Waals surface area (Å²) in [6, 6.07) is -6.65. The third kappa shape index (κ3) is 25.0. The number of thioether (sulfide) groups is 2. The normalized spacial score (nSPS) is 38.7. The Morgan fingerprint density at radius 2 is 0.614 bits per heavy atom. The van der Waals surface area contributed by atoms with Crippen LogP contribution in [0, 0.1) is 0 Å². The number of nitrogens with one attached hydrogen (secondary N) is 4. The van der Waals surface area contributed by atoms with Gasteiger partial charge in [-0.15, -0.1) is 23.2 Å². The van der Waals surface area contributed by atoms with Gasteiger partial charge in [-0.1, -0.05) is 0 Å². The molecule has 6 saturated heterocycles. The second-order valence-electron chi connectivity index (χ2n) is 23.3. The minimum absolute atomic E-state index is 0.00560. The predicted octanol–water partition coefficient (Wildman–Crippen LogP) is -14.2. The molecule has 0 aromatic heterocycles. The number of aliphatic hydroxyl groups excluding tert-OH is 12. The molecule has 45 heteroatoms. The molecule has 6 aliphatic rings. The zero-order valence-corrected chi connectivity index (χ0v) is 59.5. The number of ether oxygens (including phenoxy) is 15. The summed E-state index contributed by atoms with van der Waals surface area (Å²) in [5.41, 5.74) is 22.6. The Balaban J connectivity index is 0.000000330. The first-order valence-electron chi connectivity index (χ1n) is 31.7. The standard InChI is InChI=1S/C22H40N6O11S2.C20H34Cl2N2O11.C14H28N2O9/c1-35-17-9(7-29)38-20(14(15(17)33)28-12(32)4-6-41-22(25)26)39-18-10(8-30)37-19(36-2)13(16(18)34)27-11(31)3-5-40-21(23)24;1-31-17-9(7-25)34-20(14(15(17)29)24-12(28)4-6-22)35-18-10(8-26)33-19(32-2)13(16(18)30)23-11(27)3-5-21;1-21-11-5(3-17)24-14(8(16)9(11)19)25-12-6(4-18)23-13(22-2)7(15)10(12)20/h9-10,13-20,29-30,33-34H,3-8H2,1-2H3,(H3,23,24)(H3,25,26)(H,27,31)(H,28,32);9-10,13-20,25-26,29-30H,3-8H2,1-2H3,(H,23,27)(H,24,28);5-14,17-20H,3-4,15-16H2,1-2H3/p+2. The molecule has 0 bridgehead atoms. The van der Waals surface area contributed by atoms with Crippen LogP contribution >= 0.6 is 46.7 Å². The molecule has 6 rings (SSSR count). The summed E-state index contributed by atoms with van der Waals surface area (Å²) in [4.78, 5) is 49.6. The highest BCUT2D eigenvalue weighted by Crippen LogP contribution is 2.34. The van der Waals surface area contributed by atoms with Crippen LogP contribution in [0.2, 0.25) is 0 Å². The minimum Gasteiger partial charge on any atom is -0.394 e. The van der Waals surface area contributed by atoms with Gasteiger partial charge in [0.25, 0.3) is 10.3 Å². The fraction of sp³-hybridized carbons (Fsp3) is 0.893. The topological polar surface area (TPSA) is 653 Å². The number of methoxy groups -OCH3 is 6. The summed E-state index contributed by atoms with van der Waals surface area (Å²) in [6.07, 6.45) is -28.4. The molecule has 30 unspecified atom stereocenters. The molecule has 101 heavy (non-hydrogen) atoms. The molecule has 6 heterocycles. The van der Waals surface area contributed by atoms with Crippen LogP contribution in [0.1, 0.15) is 25.7 Å². The molecule has 0 aromatic rings. The number of carbonyl (C=O) groups excluding carboxylic acids is 4. The Bertz CT molecular complexity index is 2490. The average Bonchev–Trinajstić information content (AvgIpc) is 0.786. The number of rotatable bonds is 32. The number of amides is 4. The van der Waals surface area contributed by atoms with Crippen LogP contribution in [0.3, 0.4) is 0 Å². The average molecular weight is 1550 g/mol. The lowest BCUT2D eigenvalue weighted by molar-refractivity contribution is -0.331. The molecular formula is C56H104Cl2N10O31S2+2. The molecule has 4 amide bonds. The Labute approximate surface area is 599 Å². The summed E-state index contributed by atoms with van der Waals surface area (Å²) in [5, 5.41) is 145. The van der Waals surface area contributed by atoms with E-state index in [2.05, 4.69) is 21.3 Å². The van der Waals surface area contributed by atoms with E-state index in [1.807, 2.05) is 0 Å². The van der Waals surface area contributed by atoms with E-state index in [4.69, 9.17) is 128 Å². The Kier molecular flexibility index (Phi) is 40.8. The largest absolute Gasteiger partial charge is 0.394 e. The molecule has 6 aliphatic heterocycles. The van der Waals surface area contributed by atoms with Crippen molar-refractivity contribution in [1.29, 1.82) is 0 Å². The van der Waals surface area contributed by atoms with E-state index in [1.54, 1.807) is 0 Å². The smallest absolute Gasteiger partial charge is 0.299 e. The summed E-state index contributed by atoms with van der Waals surface area (Å²) in [7, 11) is 7.92. The molecule has 0 spiro atoms. The Morgan fingerprint density at radius 1 is 0.376 bits per heavy atom. The molecule has 6 fully saturated rings. The lowest BCUT2D eigenvalue weighted by Crippen LogP contribution is -2.69. The second-order valence-corrected chi connectivity index (χ2v) is 26.4. The number of hydrogen-bond donors (Lipinski definition) is 22. The van der Waals surface area contributed by atoms with Crippen molar-refractivity contribution >= 4 is 80.7 Å². The summed E-state index contributed by atoms with van der Waals surface area (Å²) in [5.74, 6) is -1.36. The molecule has 588 valence electrons. The van der Waals surface area contributed by atoms with Gasteiger partial charge < -0.3 is 165 Å². The third-order valence-corrected chi connectivity index (χ3v) is 18.6. The molecule has 28 N–H and O–H groups in total. The molecule has 30 atom stereocenters. The maximum Gasteiger partial charge on any atom is 0.299 e. The van der Waals surface area contributed by atoms with Crippen LogP contribution in [0.25, 0.3) is 0 Å². The summed E-state index contributed by atoms with van der Waals surface area (Å²) < 4.78 is 82.8. The van der Waals surface area contributed by atoms with Crippen molar-refractivity contribution < 1.29 is 162 Å². The number of hydrogen-bond acceptors (Lipinski definition) is 35. The number of aliphatic hydroxyl groups is 12. The first-order valence-corrected chi connectivity index (χ1v) is 34.8. The molecule has 0 aromatic carbocycles. The van der Waals surface area contributed by atoms with Crippen molar-refractivity contribution in [2.24, 2.45) is 22.9 Å². The SMILES string of the molecule is COC1OC(CO)C(OC2OC(CO)C(OC)C(O)C2N)C(O)C1N.COC1OC(CO)C(OC2OC(CO)C(OC)C(O)C2NC(=O)CCCl)C(O)C1NC(=O)CCCl.COC1OC(CO)C(OC2OC(CO)C(OC)C(O)C2NC(=O)CCSC(N)=[NH2+])C(O)C1NC(=O)CCSC(N)=[NH2+]. The molecule has 0 aliphatic carbocycles. The second kappa shape index (κ2) is 45.6. The van der Waals surface area contributed by atoms with Crippen molar-refractivity contribution in [3.05, 3.63) is 0 Å². The molecule has 41 nitrogen and oxygen atoms in total. The van der Waals surface area contributed by atoms with E-state index >= 15 is 0 Å². The lowest BCUT2D eigenvalue weighted by atomic mass is 9.94. The van der Waals surface area contributed by atoms with Gasteiger partial charge in [0.1, 0.15) is 134 Å². The van der Waals surface area contributed by atoms with E-state index in [9.17, 15) is 80.5 Å². The van der Waals surface area contributed by atoms with E-state index < -0.39 is 247 Å². The van der Waals surface area contributed by atoms with Crippen molar-refractivity contribution in [2.75, 3.05) is 106 Å². The highest BCUT2D eigenvalue weighted by atomic mass is 35.5. The molecule has 0 radical (unpaired) electrons. The Morgan fingerprint density at radius 3 is 0.921 bits per heavy atom. The van der Waals surface area contributed by atoms with E-state index in [0.29, 0.717) is 0 Å². The highest BCUT2D eigenvalue weighted by Gasteiger charge is 2.56. The van der Waals surface area contributed by atoms with Gasteiger partial charge in [0.15, 0.2) is 37.7 Å². The third-order valence-electron chi connectivity index (χ3n) is 16.7. The van der Waals surface area contributed by atoms with E-state index in [-0.39, 0.29) is 59.3 Å². The number of amidine groups is 2. The van der Waals surface area contributed by atoms with Crippen LogP contribution in [0.4, 0.5) is 0 Å². The lowest BCUT2D eigenvalue weighted by Gasteiger charge is -2.48. The van der Waals surface area contributed by atoms with Gasteiger partial charge in [-0.3, -0.25) is 41.5 Å². The number of nitrogens with two attached hydrogens (primary N) is 6. The van der Waals surface area contributed by atoms with Gasteiger partial charge in [-0.05, 0) is 23.5 Å².